The van der Waals surface area contributed by atoms with Crippen LogP contribution in [0.25, 0.3) is 0 Å². The second-order valence-electron chi connectivity index (χ2n) is 6.51. The maximum Gasteiger partial charge on any atom is 0.132 e. The molecule has 20 heavy (non-hydrogen) atoms. The standard InChI is InChI=1S/C17H25F2N/c1-10(2)12-5-6-13(9-20)14(8-12)16-15(18)7-4-11(3)17(16)19/h4,7,10,12-14H,5-6,8-9,20H2,1-3H3. The normalized spacial score (nSPS) is 27.1. The summed E-state index contributed by atoms with van der Waals surface area (Å²) in [5.74, 6) is 0.393. The van der Waals surface area contributed by atoms with Gasteiger partial charge in [0.25, 0.3) is 0 Å². The fourth-order valence-electron chi connectivity index (χ4n) is 3.53. The molecule has 0 heterocycles. The topological polar surface area (TPSA) is 26.0 Å². The summed E-state index contributed by atoms with van der Waals surface area (Å²) in [6, 6.07) is 2.90. The lowest BCUT2D eigenvalue weighted by molar-refractivity contribution is 0.192. The summed E-state index contributed by atoms with van der Waals surface area (Å²) in [6.45, 7) is 6.57. The molecule has 0 bridgehead atoms. The van der Waals surface area contributed by atoms with Crippen LogP contribution >= 0.6 is 0 Å². The van der Waals surface area contributed by atoms with Gasteiger partial charge in [0.2, 0.25) is 0 Å². The van der Waals surface area contributed by atoms with Gasteiger partial charge in [0, 0.05) is 5.56 Å². The molecular formula is C17H25F2N. The average Bonchev–Trinajstić information content (AvgIpc) is 2.43. The third kappa shape index (κ3) is 2.88. The van der Waals surface area contributed by atoms with Crippen LogP contribution in [0.3, 0.4) is 0 Å². The number of aryl methyl sites for hydroxylation is 1. The number of benzene rings is 1. The molecule has 2 N–H and O–H groups in total. The van der Waals surface area contributed by atoms with E-state index in [1.54, 1.807) is 6.92 Å². The minimum absolute atomic E-state index is 0.0824. The van der Waals surface area contributed by atoms with Crippen LogP contribution in [0.4, 0.5) is 8.78 Å². The van der Waals surface area contributed by atoms with Crippen molar-refractivity contribution in [2.75, 3.05) is 6.54 Å². The Balaban J connectivity index is 2.39. The van der Waals surface area contributed by atoms with Gasteiger partial charge in [0.1, 0.15) is 11.6 Å². The van der Waals surface area contributed by atoms with Gasteiger partial charge in [-0.05, 0) is 68.0 Å². The minimum Gasteiger partial charge on any atom is -0.330 e. The molecule has 1 aliphatic rings. The van der Waals surface area contributed by atoms with Gasteiger partial charge >= 0.3 is 0 Å². The first-order valence-electron chi connectivity index (χ1n) is 7.60. The lowest BCUT2D eigenvalue weighted by Gasteiger charge is -2.38. The summed E-state index contributed by atoms with van der Waals surface area (Å²) in [4.78, 5) is 0. The van der Waals surface area contributed by atoms with Gasteiger partial charge in [0.15, 0.2) is 0 Å². The molecule has 0 radical (unpaired) electrons. The molecule has 0 amide bonds. The largest absolute Gasteiger partial charge is 0.330 e. The molecule has 112 valence electrons. The molecule has 1 fully saturated rings. The zero-order valence-corrected chi connectivity index (χ0v) is 12.6. The minimum atomic E-state index is -0.416. The van der Waals surface area contributed by atoms with E-state index in [4.69, 9.17) is 5.73 Å². The van der Waals surface area contributed by atoms with Gasteiger partial charge in [-0.15, -0.1) is 0 Å². The highest BCUT2D eigenvalue weighted by Gasteiger charge is 2.35. The van der Waals surface area contributed by atoms with E-state index in [-0.39, 0.29) is 23.2 Å². The number of nitrogens with two attached hydrogens (primary N) is 1. The van der Waals surface area contributed by atoms with Gasteiger partial charge in [-0.1, -0.05) is 19.9 Å². The van der Waals surface area contributed by atoms with Crippen molar-refractivity contribution in [3.05, 3.63) is 34.9 Å². The van der Waals surface area contributed by atoms with E-state index in [1.807, 2.05) is 0 Å². The van der Waals surface area contributed by atoms with Gasteiger partial charge in [-0.25, -0.2) is 8.78 Å². The maximum absolute atomic E-state index is 14.4. The third-order valence-electron chi connectivity index (χ3n) is 4.97. The highest BCUT2D eigenvalue weighted by molar-refractivity contribution is 5.30. The summed E-state index contributed by atoms with van der Waals surface area (Å²) < 4.78 is 28.6. The highest BCUT2D eigenvalue weighted by atomic mass is 19.1. The second kappa shape index (κ2) is 6.21. The average molecular weight is 281 g/mol. The quantitative estimate of drug-likeness (QED) is 0.873. The van der Waals surface area contributed by atoms with Crippen LogP contribution in [-0.2, 0) is 0 Å². The Morgan fingerprint density at radius 1 is 1.25 bits per heavy atom. The van der Waals surface area contributed by atoms with E-state index in [9.17, 15) is 8.78 Å². The Bertz CT molecular complexity index is 470. The lowest BCUT2D eigenvalue weighted by Crippen LogP contribution is -2.32. The molecule has 3 unspecified atom stereocenters. The zero-order chi connectivity index (χ0) is 14.9. The molecule has 1 aliphatic carbocycles. The smallest absolute Gasteiger partial charge is 0.132 e. The van der Waals surface area contributed by atoms with Crippen LogP contribution in [-0.4, -0.2) is 6.54 Å². The van der Waals surface area contributed by atoms with E-state index < -0.39 is 5.82 Å². The zero-order valence-electron chi connectivity index (χ0n) is 12.6. The van der Waals surface area contributed by atoms with E-state index in [0.717, 1.165) is 19.3 Å². The molecule has 0 saturated heterocycles. The predicted molar refractivity (Wildman–Crippen MR) is 78.6 cm³/mol. The Morgan fingerprint density at radius 3 is 2.55 bits per heavy atom. The van der Waals surface area contributed by atoms with Gasteiger partial charge in [-0.2, -0.15) is 0 Å². The van der Waals surface area contributed by atoms with Gasteiger partial charge in [0.05, 0.1) is 0 Å². The Morgan fingerprint density at radius 2 is 1.95 bits per heavy atom. The molecule has 1 saturated carbocycles. The van der Waals surface area contributed by atoms with Crippen LogP contribution in [0.2, 0.25) is 0 Å². The number of rotatable bonds is 3. The molecule has 0 aliphatic heterocycles. The van der Waals surface area contributed by atoms with Crippen molar-refractivity contribution in [1.82, 2.24) is 0 Å². The van der Waals surface area contributed by atoms with Crippen LogP contribution in [0, 0.1) is 36.3 Å². The number of hydrogen-bond acceptors (Lipinski definition) is 1. The van der Waals surface area contributed by atoms with Gasteiger partial charge < -0.3 is 5.73 Å². The van der Waals surface area contributed by atoms with Crippen molar-refractivity contribution in [3.8, 4) is 0 Å². The summed E-state index contributed by atoms with van der Waals surface area (Å²) in [6.07, 6.45) is 2.93. The molecule has 0 aromatic heterocycles. The highest BCUT2D eigenvalue weighted by Crippen LogP contribution is 2.44. The van der Waals surface area contributed by atoms with Crippen LogP contribution in [0.15, 0.2) is 12.1 Å². The Labute approximate surface area is 120 Å². The summed E-state index contributed by atoms with van der Waals surface area (Å²) in [5.41, 5.74) is 6.63. The van der Waals surface area contributed by atoms with Crippen molar-refractivity contribution < 1.29 is 8.78 Å². The van der Waals surface area contributed by atoms with Gasteiger partial charge in [-0.3, -0.25) is 0 Å². The molecule has 3 atom stereocenters. The molecule has 1 aromatic carbocycles. The Kier molecular flexibility index (Phi) is 4.79. The first-order valence-corrected chi connectivity index (χ1v) is 7.60. The van der Waals surface area contributed by atoms with Crippen LogP contribution in [0.1, 0.15) is 50.2 Å². The number of halogens is 2. The molecule has 3 heteroatoms. The molecule has 1 aromatic rings. The Hall–Kier alpha value is -0.960. The second-order valence-corrected chi connectivity index (χ2v) is 6.51. The molecule has 1 nitrogen and oxygen atoms in total. The molecule has 2 rings (SSSR count). The van der Waals surface area contributed by atoms with E-state index >= 15 is 0 Å². The SMILES string of the molecule is Cc1ccc(F)c(C2CC(C(C)C)CCC2CN)c1F. The summed E-state index contributed by atoms with van der Waals surface area (Å²) in [7, 11) is 0. The van der Waals surface area contributed by atoms with E-state index in [1.165, 1.54) is 12.1 Å². The third-order valence-corrected chi connectivity index (χ3v) is 4.97. The van der Waals surface area contributed by atoms with E-state index in [0.29, 0.717) is 23.9 Å². The van der Waals surface area contributed by atoms with Crippen molar-refractivity contribution in [2.24, 2.45) is 23.5 Å². The van der Waals surface area contributed by atoms with Crippen molar-refractivity contribution in [2.45, 2.75) is 46.0 Å². The first-order chi connectivity index (χ1) is 9.45. The van der Waals surface area contributed by atoms with Crippen molar-refractivity contribution in [3.63, 3.8) is 0 Å². The van der Waals surface area contributed by atoms with Crippen molar-refractivity contribution in [1.29, 1.82) is 0 Å². The summed E-state index contributed by atoms with van der Waals surface area (Å²) >= 11 is 0. The van der Waals surface area contributed by atoms with E-state index in [2.05, 4.69) is 13.8 Å². The summed E-state index contributed by atoms with van der Waals surface area (Å²) in [5, 5.41) is 0. The first kappa shape index (κ1) is 15.4. The molecule has 0 spiro atoms. The maximum atomic E-state index is 14.4. The fourth-order valence-corrected chi connectivity index (χ4v) is 3.53. The molecular weight excluding hydrogens is 256 g/mol. The predicted octanol–water partition coefficient (Wildman–Crippen LogP) is 4.39. The monoisotopic (exact) mass is 281 g/mol. The van der Waals surface area contributed by atoms with Crippen LogP contribution in [0.5, 0.6) is 0 Å². The fraction of sp³-hybridized carbons (Fsp3) is 0.647. The number of hydrogen-bond donors (Lipinski definition) is 1. The lowest BCUT2D eigenvalue weighted by atomic mass is 9.68. The van der Waals surface area contributed by atoms with Crippen molar-refractivity contribution >= 4 is 0 Å². The van der Waals surface area contributed by atoms with Crippen LogP contribution < -0.4 is 5.73 Å².